The molecule has 0 aliphatic carbocycles. The number of amides is 1. The highest BCUT2D eigenvalue weighted by Gasteiger charge is 2.21. The van der Waals surface area contributed by atoms with Gasteiger partial charge in [-0.15, -0.1) is 0 Å². The molecule has 1 aliphatic rings. The molecule has 192 valence electrons. The zero-order valence-corrected chi connectivity index (χ0v) is 21.4. The SMILES string of the molecule is COCCOCc1ccc2ccc(CN3CCC(NC(=O)c4cccc(-n5cccc5)c4)CC3)cc2c1. The molecule has 1 amide bonds. The number of hydrogen-bond donors (Lipinski definition) is 1. The van der Waals surface area contributed by atoms with Crippen molar-refractivity contribution in [1.82, 2.24) is 14.8 Å². The van der Waals surface area contributed by atoms with Crippen LogP contribution in [0.3, 0.4) is 0 Å². The Morgan fingerprint density at radius 2 is 1.65 bits per heavy atom. The fourth-order valence-corrected chi connectivity index (χ4v) is 4.94. The highest BCUT2D eigenvalue weighted by molar-refractivity contribution is 5.95. The third-order valence-corrected chi connectivity index (χ3v) is 7.01. The number of fused-ring (bicyclic) bond motifs is 1. The van der Waals surface area contributed by atoms with Gasteiger partial charge in [0.2, 0.25) is 0 Å². The smallest absolute Gasteiger partial charge is 0.251 e. The van der Waals surface area contributed by atoms with Crippen LogP contribution in [0.1, 0.15) is 34.3 Å². The van der Waals surface area contributed by atoms with Gasteiger partial charge in [-0.3, -0.25) is 9.69 Å². The maximum Gasteiger partial charge on any atom is 0.251 e. The van der Waals surface area contributed by atoms with E-state index in [9.17, 15) is 4.79 Å². The predicted molar refractivity (Wildman–Crippen MR) is 147 cm³/mol. The Labute approximate surface area is 218 Å². The first-order chi connectivity index (χ1) is 18.2. The number of piperidine rings is 1. The van der Waals surface area contributed by atoms with Gasteiger partial charge in [-0.25, -0.2) is 0 Å². The zero-order chi connectivity index (χ0) is 25.5. The van der Waals surface area contributed by atoms with Gasteiger partial charge in [-0.2, -0.15) is 0 Å². The van der Waals surface area contributed by atoms with Gasteiger partial charge >= 0.3 is 0 Å². The van der Waals surface area contributed by atoms with E-state index in [1.54, 1.807) is 7.11 Å². The van der Waals surface area contributed by atoms with Crippen molar-refractivity contribution in [3.63, 3.8) is 0 Å². The molecule has 1 fully saturated rings. The Balaban J connectivity index is 1.13. The molecule has 37 heavy (non-hydrogen) atoms. The lowest BCUT2D eigenvalue weighted by Crippen LogP contribution is -2.44. The number of hydrogen-bond acceptors (Lipinski definition) is 4. The Bertz CT molecular complexity index is 1310. The van der Waals surface area contributed by atoms with Crippen LogP contribution in [0.4, 0.5) is 0 Å². The van der Waals surface area contributed by atoms with Crippen molar-refractivity contribution in [3.05, 3.63) is 102 Å². The Morgan fingerprint density at radius 3 is 2.43 bits per heavy atom. The number of nitrogens with one attached hydrogen (secondary N) is 1. The molecule has 5 rings (SSSR count). The monoisotopic (exact) mass is 497 g/mol. The molecule has 0 spiro atoms. The van der Waals surface area contributed by atoms with Crippen molar-refractivity contribution >= 4 is 16.7 Å². The van der Waals surface area contributed by atoms with Gasteiger partial charge in [-0.05, 0) is 77.2 Å². The molecular formula is C31H35N3O3. The van der Waals surface area contributed by atoms with E-state index in [1.165, 1.54) is 21.9 Å². The lowest BCUT2D eigenvalue weighted by Gasteiger charge is -2.32. The number of nitrogens with zero attached hydrogens (tertiary/aromatic N) is 2. The second kappa shape index (κ2) is 12.2. The first kappa shape index (κ1) is 25.2. The summed E-state index contributed by atoms with van der Waals surface area (Å²) in [5, 5.41) is 5.74. The minimum atomic E-state index is 0.00369. The molecule has 0 bridgehead atoms. The maximum atomic E-state index is 12.9. The van der Waals surface area contributed by atoms with Crippen molar-refractivity contribution in [1.29, 1.82) is 0 Å². The van der Waals surface area contributed by atoms with Crippen LogP contribution in [0.15, 0.2) is 85.2 Å². The van der Waals surface area contributed by atoms with E-state index in [2.05, 4.69) is 46.6 Å². The topological polar surface area (TPSA) is 55.7 Å². The number of benzene rings is 3. The fraction of sp³-hybridized carbons (Fsp3) is 0.323. The third kappa shape index (κ3) is 6.66. The lowest BCUT2D eigenvalue weighted by molar-refractivity contribution is 0.0617. The van der Waals surface area contributed by atoms with Gasteiger partial charge in [0.25, 0.3) is 5.91 Å². The largest absolute Gasteiger partial charge is 0.382 e. The van der Waals surface area contributed by atoms with Gasteiger partial charge in [0.1, 0.15) is 0 Å². The fourth-order valence-electron chi connectivity index (χ4n) is 4.94. The summed E-state index contributed by atoms with van der Waals surface area (Å²) in [6.07, 6.45) is 5.89. The lowest BCUT2D eigenvalue weighted by atomic mass is 10.0. The number of aromatic nitrogens is 1. The van der Waals surface area contributed by atoms with Crippen LogP contribution < -0.4 is 5.32 Å². The molecule has 1 aromatic heterocycles. The van der Waals surface area contributed by atoms with Crippen molar-refractivity contribution in [2.75, 3.05) is 33.4 Å². The van der Waals surface area contributed by atoms with E-state index in [-0.39, 0.29) is 11.9 Å². The molecule has 0 saturated carbocycles. The summed E-state index contributed by atoms with van der Waals surface area (Å²) in [6.45, 7) is 4.67. The standard InChI is InChI=1S/C31H35N3O3/c1-36-17-18-37-23-25-8-10-26-9-7-24(19-28(26)20-25)22-33-15-11-29(12-16-33)32-31(35)27-5-4-6-30(21-27)34-13-2-3-14-34/h2-10,13-14,19-21,29H,11-12,15-18,22-23H2,1H3,(H,32,35). The normalized spacial score (nSPS) is 14.7. The number of carbonyl (C=O) groups excluding carboxylic acids is 1. The van der Waals surface area contributed by atoms with Crippen molar-refractivity contribution in [2.45, 2.75) is 32.0 Å². The molecule has 4 aromatic rings. The van der Waals surface area contributed by atoms with Crippen LogP contribution in [0.5, 0.6) is 0 Å². The van der Waals surface area contributed by atoms with Crippen molar-refractivity contribution < 1.29 is 14.3 Å². The first-order valence-electron chi connectivity index (χ1n) is 13.0. The number of rotatable bonds is 10. The van der Waals surface area contributed by atoms with Gasteiger partial charge in [0, 0.05) is 56.4 Å². The molecule has 0 atom stereocenters. The molecule has 0 unspecified atom stereocenters. The first-order valence-corrected chi connectivity index (χ1v) is 13.0. The van der Waals surface area contributed by atoms with E-state index < -0.39 is 0 Å². The molecule has 2 heterocycles. The molecular weight excluding hydrogens is 462 g/mol. The number of likely N-dealkylation sites (tertiary alicyclic amines) is 1. The van der Waals surface area contributed by atoms with Crippen LogP contribution in [-0.4, -0.2) is 54.8 Å². The Hall–Kier alpha value is -3.45. The summed E-state index contributed by atoms with van der Waals surface area (Å²) in [6, 6.07) is 25.2. The molecule has 1 saturated heterocycles. The minimum absolute atomic E-state index is 0.00369. The highest BCUT2D eigenvalue weighted by Crippen LogP contribution is 2.21. The summed E-state index contributed by atoms with van der Waals surface area (Å²) in [4.78, 5) is 15.4. The van der Waals surface area contributed by atoms with Crippen molar-refractivity contribution in [2.24, 2.45) is 0 Å². The number of carbonyl (C=O) groups is 1. The van der Waals surface area contributed by atoms with Gasteiger partial charge in [0.05, 0.1) is 19.8 Å². The summed E-state index contributed by atoms with van der Waals surface area (Å²) in [5.74, 6) is 0.00369. The number of ether oxygens (including phenoxy) is 2. The summed E-state index contributed by atoms with van der Waals surface area (Å²) in [5.41, 5.74) is 4.19. The van der Waals surface area contributed by atoms with Crippen LogP contribution >= 0.6 is 0 Å². The summed E-state index contributed by atoms with van der Waals surface area (Å²) in [7, 11) is 1.69. The molecule has 6 nitrogen and oxygen atoms in total. The van der Waals surface area contributed by atoms with Crippen LogP contribution in [-0.2, 0) is 22.6 Å². The third-order valence-electron chi connectivity index (χ3n) is 7.01. The van der Waals surface area contributed by atoms with Crippen LogP contribution in [0.25, 0.3) is 16.5 Å². The van der Waals surface area contributed by atoms with Crippen LogP contribution in [0.2, 0.25) is 0 Å². The molecule has 0 radical (unpaired) electrons. The second-order valence-corrected chi connectivity index (χ2v) is 9.73. The average molecular weight is 498 g/mol. The highest BCUT2D eigenvalue weighted by atomic mass is 16.5. The Kier molecular flexibility index (Phi) is 8.31. The maximum absolute atomic E-state index is 12.9. The van der Waals surface area contributed by atoms with Crippen LogP contribution in [0, 0.1) is 0 Å². The quantitative estimate of drug-likeness (QED) is 0.307. The second-order valence-electron chi connectivity index (χ2n) is 9.73. The summed E-state index contributed by atoms with van der Waals surface area (Å²) >= 11 is 0. The molecule has 1 N–H and O–H groups in total. The van der Waals surface area contributed by atoms with E-state index in [4.69, 9.17) is 9.47 Å². The van der Waals surface area contributed by atoms with E-state index in [0.29, 0.717) is 25.4 Å². The van der Waals surface area contributed by atoms with Gasteiger partial charge in [0.15, 0.2) is 0 Å². The van der Waals surface area contributed by atoms with E-state index >= 15 is 0 Å². The zero-order valence-electron chi connectivity index (χ0n) is 21.4. The Morgan fingerprint density at radius 1 is 0.892 bits per heavy atom. The number of methoxy groups -OCH3 is 1. The van der Waals surface area contributed by atoms with Crippen molar-refractivity contribution in [3.8, 4) is 5.69 Å². The van der Waals surface area contributed by atoms with Gasteiger partial charge in [-0.1, -0.05) is 30.3 Å². The summed E-state index contributed by atoms with van der Waals surface area (Å²) < 4.78 is 12.7. The molecule has 1 aliphatic heterocycles. The molecule has 6 heteroatoms. The minimum Gasteiger partial charge on any atom is -0.382 e. The predicted octanol–water partition coefficient (Wildman–Crippen LogP) is 5.19. The molecule has 3 aromatic carbocycles. The van der Waals surface area contributed by atoms with Gasteiger partial charge < -0.3 is 19.4 Å². The van der Waals surface area contributed by atoms with E-state index in [1.807, 2.05) is 53.4 Å². The average Bonchev–Trinajstić information content (AvgIpc) is 3.47. The van der Waals surface area contributed by atoms with E-state index in [0.717, 1.165) is 38.2 Å².